The number of urea groups is 1. The van der Waals surface area contributed by atoms with Crippen molar-refractivity contribution in [1.82, 2.24) is 10.6 Å². The molecule has 86 valence electrons. The van der Waals surface area contributed by atoms with Crippen molar-refractivity contribution in [3.05, 3.63) is 29.8 Å². The molecule has 0 saturated heterocycles. The van der Waals surface area contributed by atoms with Crippen LogP contribution in [0.5, 0.6) is 0 Å². The summed E-state index contributed by atoms with van der Waals surface area (Å²) in [6.45, 7) is 3.61. The minimum absolute atomic E-state index is 0.0269. The van der Waals surface area contributed by atoms with Gasteiger partial charge in [-0.2, -0.15) is 0 Å². The molecule has 0 aliphatic heterocycles. The fourth-order valence-electron chi connectivity index (χ4n) is 1.17. The Bertz CT molecular complexity index is 402. The molecule has 1 aromatic carbocycles. The molecule has 0 bridgehead atoms. The van der Waals surface area contributed by atoms with E-state index in [0.717, 1.165) is 0 Å². The molecule has 5 heteroatoms. The number of carbonyl (C=O) groups excluding carboxylic acids is 2. The first-order valence-corrected chi connectivity index (χ1v) is 4.97. The minimum Gasteiger partial charge on any atom is -0.398 e. The Morgan fingerprint density at radius 1 is 1.25 bits per heavy atom. The smallest absolute Gasteiger partial charge is 0.321 e. The second-order valence-electron chi connectivity index (χ2n) is 3.67. The van der Waals surface area contributed by atoms with Crippen LogP contribution in [0.2, 0.25) is 0 Å². The Kier molecular flexibility index (Phi) is 3.88. The van der Waals surface area contributed by atoms with Crippen LogP contribution < -0.4 is 16.4 Å². The quantitative estimate of drug-likeness (QED) is 0.654. The number of nitrogens with two attached hydrogens (primary N) is 1. The van der Waals surface area contributed by atoms with E-state index in [1.165, 1.54) is 0 Å². The van der Waals surface area contributed by atoms with E-state index in [-0.39, 0.29) is 6.04 Å². The van der Waals surface area contributed by atoms with Crippen LogP contribution in [0.3, 0.4) is 0 Å². The molecule has 0 atom stereocenters. The number of hydrogen-bond acceptors (Lipinski definition) is 3. The summed E-state index contributed by atoms with van der Waals surface area (Å²) in [5, 5.41) is 4.75. The molecular formula is C11H15N3O2. The lowest BCUT2D eigenvalue weighted by Crippen LogP contribution is -2.42. The van der Waals surface area contributed by atoms with Gasteiger partial charge in [-0.25, -0.2) is 4.79 Å². The number of amides is 3. The van der Waals surface area contributed by atoms with Gasteiger partial charge in [0.25, 0.3) is 5.91 Å². The largest absolute Gasteiger partial charge is 0.398 e. The maximum Gasteiger partial charge on any atom is 0.321 e. The highest BCUT2D eigenvalue weighted by Gasteiger charge is 2.12. The summed E-state index contributed by atoms with van der Waals surface area (Å²) in [5.74, 6) is -0.503. The third-order valence-corrected chi connectivity index (χ3v) is 1.85. The number of rotatable bonds is 2. The van der Waals surface area contributed by atoms with Crippen LogP contribution in [0.25, 0.3) is 0 Å². The molecule has 0 unspecified atom stereocenters. The Morgan fingerprint density at radius 2 is 1.88 bits per heavy atom. The number of hydrogen-bond donors (Lipinski definition) is 3. The van der Waals surface area contributed by atoms with Gasteiger partial charge in [-0.15, -0.1) is 0 Å². The van der Waals surface area contributed by atoms with E-state index in [4.69, 9.17) is 5.73 Å². The Labute approximate surface area is 94.0 Å². The van der Waals surface area contributed by atoms with E-state index in [1.807, 2.05) is 0 Å². The van der Waals surface area contributed by atoms with Crippen LogP contribution >= 0.6 is 0 Å². The lowest BCUT2D eigenvalue weighted by Gasteiger charge is -2.09. The lowest BCUT2D eigenvalue weighted by molar-refractivity contribution is 0.0964. The van der Waals surface area contributed by atoms with Crippen molar-refractivity contribution in [2.24, 2.45) is 0 Å². The maximum absolute atomic E-state index is 11.6. The molecule has 0 saturated carbocycles. The summed E-state index contributed by atoms with van der Waals surface area (Å²) >= 11 is 0. The zero-order valence-corrected chi connectivity index (χ0v) is 9.28. The van der Waals surface area contributed by atoms with E-state index in [2.05, 4.69) is 10.6 Å². The molecule has 0 radical (unpaired) electrons. The standard InChI is InChI=1S/C11H15N3O2/c1-7(2)13-11(16)14-10(15)8-5-3-4-6-9(8)12/h3-7H,12H2,1-2H3,(H2,13,14,15,16). The average Bonchev–Trinajstić information content (AvgIpc) is 2.16. The third-order valence-electron chi connectivity index (χ3n) is 1.85. The molecule has 1 aromatic rings. The highest BCUT2D eigenvalue weighted by atomic mass is 16.2. The molecule has 5 nitrogen and oxygen atoms in total. The normalized spacial score (nSPS) is 9.94. The molecule has 0 heterocycles. The van der Waals surface area contributed by atoms with Gasteiger partial charge in [0.2, 0.25) is 0 Å². The number of anilines is 1. The van der Waals surface area contributed by atoms with Gasteiger partial charge in [-0.05, 0) is 26.0 Å². The summed E-state index contributed by atoms with van der Waals surface area (Å²) in [5.41, 5.74) is 6.24. The van der Waals surface area contributed by atoms with Gasteiger partial charge < -0.3 is 11.1 Å². The number of imide groups is 1. The molecule has 3 amide bonds. The zero-order valence-electron chi connectivity index (χ0n) is 9.28. The highest BCUT2D eigenvalue weighted by Crippen LogP contribution is 2.09. The monoisotopic (exact) mass is 221 g/mol. The van der Waals surface area contributed by atoms with Gasteiger partial charge in [0.1, 0.15) is 0 Å². The SMILES string of the molecule is CC(C)NC(=O)NC(=O)c1ccccc1N. The summed E-state index contributed by atoms with van der Waals surface area (Å²) in [7, 11) is 0. The van der Waals surface area contributed by atoms with Crippen LogP contribution in [0.4, 0.5) is 10.5 Å². The van der Waals surface area contributed by atoms with Gasteiger partial charge in [0.05, 0.1) is 5.56 Å². The number of nitrogen functional groups attached to an aromatic ring is 1. The highest BCUT2D eigenvalue weighted by molar-refractivity contribution is 6.07. The number of nitrogens with one attached hydrogen (secondary N) is 2. The molecule has 0 spiro atoms. The fourth-order valence-corrected chi connectivity index (χ4v) is 1.17. The molecule has 0 aliphatic rings. The Hall–Kier alpha value is -2.04. The Balaban J connectivity index is 2.66. The summed E-state index contributed by atoms with van der Waals surface area (Å²) in [6.07, 6.45) is 0. The second kappa shape index (κ2) is 5.16. The zero-order chi connectivity index (χ0) is 12.1. The van der Waals surface area contributed by atoms with E-state index >= 15 is 0 Å². The van der Waals surface area contributed by atoms with Gasteiger partial charge in [0, 0.05) is 11.7 Å². The third kappa shape index (κ3) is 3.27. The van der Waals surface area contributed by atoms with Crippen molar-refractivity contribution in [2.45, 2.75) is 19.9 Å². The fraction of sp³-hybridized carbons (Fsp3) is 0.273. The van der Waals surface area contributed by atoms with Crippen LogP contribution in [-0.2, 0) is 0 Å². The van der Waals surface area contributed by atoms with E-state index < -0.39 is 11.9 Å². The molecule has 4 N–H and O–H groups in total. The first-order chi connectivity index (χ1) is 7.50. The molecular weight excluding hydrogens is 206 g/mol. The van der Waals surface area contributed by atoms with E-state index in [1.54, 1.807) is 38.1 Å². The topological polar surface area (TPSA) is 84.2 Å². The Morgan fingerprint density at radius 3 is 2.44 bits per heavy atom. The van der Waals surface area contributed by atoms with Crippen LogP contribution in [0.1, 0.15) is 24.2 Å². The van der Waals surface area contributed by atoms with Crippen molar-refractivity contribution in [1.29, 1.82) is 0 Å². The van der Waals surface area contributed by atoms with Gasteiger partial charge in [0.15, 0.2) is 0 Å². The first kappa shape index (κ1) is 12.0. The van der Waals surface area contributed by atoms with E-state index in [0.29, 0.717) is 11.3 Å². The first-order valence-electron chi connectivity index (χ1n) is 4.97. The van der Waals surface area contributed by atoms with Crippen LogP contribution in [0, 0.1) is 0 Å². The minimum atomic E-state index is -0.525. The number of carbonyl (C=O) groups is 2. The summed E-state index contributed by atoms with van der Waals surface area (Å²) in [4.78, 5) is 22.9. The summed E-state index contributed by atoms with van der Waals surface area (Å²) < 4.78 is 0. The van der Waals surface area contributed by atoms with Crippen molar-refractivity contribution >= 4 is 17.6 Å². The maximum atomic E-state index is 11.6. The predicted molar refractivity (Wildman–Crippen MR) is 62.0 cm³/mol. The number of para-hydroxylation sites is 1. The molecule has 0 aromatic heterocycles. The van der Waals surface area contributed by atoms with Crippen LogP contribution in [-0.4, -0.2) is 18.0 Å². The molecule has 0 aliphatic carbocycles. The van der Waals surface area contributed by atoms with Gasteiger partial charge in [-0.3, -0.25) is 10.1 Å². The van der Waals surface area contributed by atoms with Crippen molar-refractivity contribution in [3.63, 3.8) is 0 Å². The lowest BCUT2D eigenvalue weighted by atomic mass is 10.2. The second-order valence-corrected chi connectivity index (χ2v) is 3.67. The van der Waals surface area contributed by atoms with E-state index in [9.17, 15) is 9.59 Å². The molecule has 16 heavy (non-hydrogen) atoms. The van der Waals surface area contributed by atoms with Crippen molar-refractivity contribution < 1.29 is 9.59 Å². The number of benzene rings is 1. The molecule has 0 fully saturated rings. The van der Waals surface area contributed by atoms with Crippen LogP contribution in [0.15, 0.2) is 24.3 Å². The molecule has 1 rings (SSSR count). The predicted octanol–water partition coefficient (Wildman–Crippen LogP) is 1.12. The average molecular weight is 221 g/mol. The summed E-state index contributed by atoms with van der Waals surface area (Å²) in [6, 6.07) is 6.03. The van der Waals surface area contributed by atoms with Crippen molar-refractivity contribution in [3.8, 4) is 0 Å². The van der Waals surface area contributed by atoms with Gasteiger partial charge >= 0.3 is 6.03 Å². The van der Waals surface area contributed by atoms with Gasteiger partial charge in [-0.1, -0.05) is 12.1 Å². The van der Waals surface area contributed by atoms with Crippen molar-refractivity contribution in [2.75, 3.05) is 5.73 Å².